The highest BCUT2D eigenvalue weighted by molar-refractivity contribution is 5.95. The Morgan fingerprint density at radius 3 is 2.60 bits per heavy atom. The molecule has 0 saturated heterocycles. The molecule has 130 valence electrons. The number of rotatable bonds is 5. The summed E-state index contributed by atoms with van der Waals surface area (Å²) in [6, 6.07) is 8.98. The fourth-order valence-electron chi connectivity index (χ4n) is 2.98. The Hall–Kier alpha value is -2.89. The number of nitrogens with one attached hydrogen (secondary N) is 2. The first kappa shape index (κ1) is 17.0. The average Bonchev–Trinajstić information content (AvgIpc) is 3.14. The van der Waals surface area contributed by atoms with Gasteiger partial charge in [0.2, 0.25) is 0 Å². The number of benzene rings is 1. The van der Waals surface area contributed by atoms with Gasteiger partial charge in [-0.2, -0.15) is 0 Å². The number of anilines is 2. The third kappa shape index (κ3) is 4.35. The van der Waals surface area contributed by atoms with Crippen molar-refractivity contribution < 1.29 is 14.3 Å². The van der Waals surface area contributed by atoms with Crippen LogP contribution in [0.4, 0.5) is 11.4 Å². The minimum absolute atomic E-state index is 0.105. The summed E-state index contributed by atoms with van der Waals surface area (Å²) in [6.45, 7) is 0. The summed E-state index contributed by atoms with van der Waals surface area (Å²) in [6.07, 6.45) is 7.61. The SMILES string of the molecule is COC(=O)c1cccc(Nc2cncc(C(=O)NC3CCCC3)c2)c1. The second-order valence-corrected chi connectivity index (χ2v) is 6.11. The van der Waals surface area contributed by atoms with Crippen molar-refractivity contribution in [3.8, 4) is 0 Å². The monoisotopic (exact) mass is 339 g/mol. The minimum atomic E-state index is -0.397. The van der Waals surface area contributed by atoms with E-state index in [-0.39, 0.29) is 11.9 Å². The van der Waals surface area contributed by atoms with Crippen molar-refractivity contribution in [3.63, 3.8) is 0 Å². The topological polar surface area (TPSA) is 80.3 Å². The Labute approximate surface area is 146 Å². The first-order valence-electron chi connectivity index (χ1n) is 8.37. The van der Waals surface area contributed by atoms with Gasteiger partial charge in [0, 0.05) is 17.9 Å². The second-order valence-electron chi connectivity index (χ2n) is 6.11. The Morgan fingerprint density at radius 2 is 1.84 bits per heavy atom. The minimum Gasteiger partial charge on any atom is -0.465 e. The van der Waals surface area contributed by atoms with Crippen LogP contribution in [-0.4, -0.2) is 30.0 Å². The maximum absolute atomic E-state index is 12.3. The predicted molar refractivity (Wildman–Crippen MR) is 95.0 cm³/mol. The van der Waals surface area contributed by atoms with Crippen molar-refractivity contribution in [1.29, 1.82) is 0 Å². The maximum atomic E-state index is 12.3. The fourth-order valence-corrected chi connectivity index (χ4v) is 2.98. The van der Waals surface area contributed by atoms with E-state index in [1.54, 1.807) is 36.7 Å². The number of nitrogens with zero attached hydrogens (tertiary/aromatic N) is 1. The quantitative estimate of drug-likeness (QED) is 0.817. The standard InChI is InChI=1S/C19H21N3O3/c1-25-19(24)13-5-4-8-16(9-13)21-17-10-14(11-20-12-17)18(23)22-15-6-2-3-7-15/h4-5,8-12,15,21H,2-3,6-7H2,1H3,(H,22,23). The fraction of sp³-hybridized carbons (Fsp3) is 0.316. The van der Waals surface area contributed by atoms with Gasteiger partial charge in [0.1, 0.15) is 0 Å². The molecule has 2 N–H and O–H groups in total. The summed E-state index contributed by atoms with van der Waals surface area (Å²) >= 11 is 0. The van der Waals surface area contributed by atoms with Crippen molar-refractivity contribution in [2.24, 2.45) is 0 Å². The highest BCUT2D eigenvalue weighted by Crippen LogP contribution is 2.20. The highest BCUT2D eigenvalue weighted by Gasteiger charge is 2.18. The number of hydrogen-bond acceptors (Lipinski definition) is 5. The van der Waals surface area contributed by atoms with E-state index in [2.05, 4.69) is 15.6 Å². The molecule has 0 spiro atoms. The largest absolute Gasteiger partial charge is 0.465 e. The first-order chi connectivity index (χ1) is 12.2. The Balaban J connectivity index is 1.71. The van der Waals surface area contributed by atoms with Gasteiger partial charge in [0.15, 0.2) is 0 Å². The van der Waals surface area contributed by atoms with Crippen molar-refractivity contribution >= 4 is 23.3 Å². The van der Waals surface area contributed by atoms with E-state index in [4.69, 9.17) is 4.74 Å². The molecule has 0 unspecified atom stereocenters. The molecule has 1 heterocycles. The van der Waals surface area contributed by atoms with E-state index in [1.807, 2.05) is 6.07 Å². The van der Waals surface area contributed by atoms with E-state index in [0.717, 1.165) is 18.5 Å². The lowest BCUT2D eigenvalue weighted by Gasteiger charge is -2.13. The van der Waals surface area contributed by atoms with E-state index in [9.17, 15) is 9.59 Å². The van der Waals surface area contributed by atoms with E-state index in [1.165, 1.54) is 20.0 Å². The molecule has 1 amide bonds. The zero-order chi connectivity index (χ0) is 17.6. The summed E-state index contributed by atoms with van der Waals surface area (Å²) < 4.78 is 4.72. The molecule has 1 saturated carbocycles. The lowest BCUT2D eigenvalue weighted by atomic mass is 10.2. The second kappa shape index (κ2) is 7.79. The molecule has 2 aromatic rings. The van der Waals surface area contributed by atoms with Crippen molar-refractivity contribution in [1.82, 2.24) is 10.3 Å². The molecular formula is C19H21N3O3. The molecule has 3 rings (SSSR count). The van der Waals surface area contributed by atoms with E-state index in [0.29, 0.717) is 16.8 Å². The van der Waals surface area contributed by atoms with Crippen LogP contribution in [0.2, 0.25) is 0 Å². The number of pyridine rings is 1. The summed E-state index contributed by atoms with van der Waals surface area (Å²) in [5.41, 5.74) is 2.37. The zero-order valence-corrected chi connectivity index (χ0v) is 14.1. The van der Waals surface area contributed by atoms with E-state index < -0.39 is 5.97 Å². The van der Waals surface area contributed by atoms with Gasteiger partial charge in [0.05, 0.1) is 30.1 Å². The van der Waals surface area contributed by atoms with Gasteiger partial charge in [-0.25, -0.2) is 4.79 Å². The molecule has 0 atom stereocenters. The van der Waals surface area contributed by atoms with Gasteiger partial charge in [-0.3, -0.25) is 9.78 Å². The molecular weight excluding hydrogens is 318 g/mol. The number of methoxy groups -OCH3 is 1. The van der Waals surface area contributed by atoms with Crippen LogP contribution in [0.5, 0.6) is 0 Å². The average molecular weight is 339 g/mol. The molecule has 0 radical (unpaired) electrons. The van der Waals surface area contributed by atoms with Gasteiger partial charge < -0.3 is 15.4 Å². The summed E-state index contributed by atoms with van der Waals surface area (Å²) in [7, 11) is 1.35. The summed E-state index contributed by atoms with van der Waals surface area (Å²) in [4.78, 5) is 28.1. The number of ether oxygens (including phenoxy) is 1. The van der Waals surface area contributed by atoms with Crippen molar-refractivity contribution in [3.05, 3.63) is 53.9 Å². The number of esters is 1. The van der Waals surface area contributed by atoms with Crippen LogP contribution in [0.1, 0.15) is 46.4 Å². The Bertz CT molecular complexity index is 770. The van der Waals surface area contributed by atoms with Crippen molar-refractivity contribution in [2.45, 2.75) is 31.7 Å². The highest BCUT2D eigenvalue weighted by atomic mass is 16.5. The molecule has 1 aliphatic rings. The maximum Gasteiger partial charge on any atom is 0.337 e. The predicted octanol–water partition coefficient (Wildman–Crippen LogP) is 3.28. The number of carbonyl (C=O) groups excluding carboxylic acids is 2. The van der Waals surface area contributed by atoms with Crippen LogP contribution in [0, 0.1) is 0 Å². The van der Waals surface area contributed by atoms with Crippen LogP contribution in [0.15, 0.2) is 42.7 Å². The Morgan fingerprint density at radius 1 is 1.08 bits per heavy atom. The Kier molecular flexibility index (Phi) is 5.28. The van der Waals surface area contributed by atoms with Gasteiger partial charge in [0.25, 0.3) is 5.91 Å². The summed E-state index contributed by atoms with van der Waals surface area (Å²) in [5, 5.41) is 6.21. The van der Waals surface area contributed by atoms with Crippen LogP contribution in [0.25, 0.3) is 0 Å². The van der Waals surface area contributed by atoms with Gasteiger partial charge in [-0.05, 0) is 37.1 Å². The third-order valence-electron chi connectivity index (χ3n) is 4.26. The normalized spacial score (nSPS) is 14.1. The van der Waals surface area contributed by atoms with Crippen molar-refractivity contribution in [2.75, 3.05) is 12.4 Å². The molecule has 6 heteroatoms. The number of amides is 1. The molecule has 1 fully saturated rings. The number of hydrogen-bond donors (Lipinski definition) is 2. The molecule has 1 aromatic carbocycles. The molecule has 0 aliphatic heterocycles. The summed E-state index contributed by atoms with van der Waals surface area (Å²) in [5.74, 6) is -0.502. The van der Waals surface area contributed by atoms with Gasteiger partial charge in [-0.15, -0.1) is 0 Å². The van der Waals surface area contributed by atoms with Gasteiger partial charge in [-0.1, -0.05) is 18.9 Å². The smallest absolute Gasteiger partial charge is 0.337 e. The first-order valence-corrected chi connectivity index (χ1v) is 8.37. The molecule has 0 bridgehead atoms. The van der Waals surface area contributed by atoms with Crippen LogP contribution in [0.3, 0.4) is 0 Å². The van der Waals surface area contributed by atoms with E-state index >= 15 is 0 Å². The lowest BCUT2D eigenvalue weighted by Crippen LogP contribution is -2.32. The molecule has 1 aliphatic carbocycles. The van der Waals surface area contributed by atoms with Gasteiger partial charge >= 0.3 is 5.97 Å². The van der Waals surface area contributed by atoms with Crippen LogP contribution in [-0.2, 0) is 4.74 Å². The molecule has 25 heavy (non-hydrogen) atoms. The zero-order valence-electron chi connectivity index (χ0n) is 14.1. The van der Waals surface area contributed by atoms with Crippen LogP contribution < -0.4 is 10.6 Å². The molecule has 6 nitrogen and oxygen atoms in total. The number of carbonyl (C=O) groups is 2. The lowest BCUT2D eigenvalue weighted by molar-refractivity contribution is 0.0600. The third-order valence-corrected chi connectivity index (χ3v) is 4.26. The number of aromatic nitrogens is 1. The van der Waals surface area contributed by atoms with Crippen LogP contribution >= 0.6 is 0 Å². The molecule has 1 aromatic heterocycles.